The highest BCUT2D eigenvalue weighted by Crippen LogP contribution is 2.26. The quantitative estimate of drug-likeness (QED) is 0.761. The first kappa shape index (κ1) is 17.7. The number of ketones is 1. The number of aryl methyl sites for hydroxylation is 1. The van der Waals surface area contributed by atoms with Gasteiger partial charge in [-0.25, -0.2) is 0 Å². The van der Waals surface area contributed by atoms with Gasteiger partial charge in [0, 0.05) is 24.9 Å². The summed E-state index contributed by atoms with van der Waals surface area (Å²) in [6.07, 6.45) is 3.66. The topological polar surface area (TPSA) is 58.2 Å². The molecule has 0 saturated carbocycles. The van der Waals surface area contributed by atoms with Crippen LogP contribution < -0.4 is 10.6 Å². The largest absolute Gasteiger partial charge is 0.356 e. The fourth-order valence-corrected chi connectivity index (χ4v) is 2.91. The number of hydrogen-bond donors (Lipinski definition) is 2. The molecule has 1 saturated heterocycles. The van der Waals surface area contributed by atoms with Crippen molar-refractivity contribution < 1.29 is 9.59 Å². The van der Waals surface area contributed by atoms with Gasteiger partial charge in [0.2, 0.25) is 5.91 Å². The van der Waals surface area contributed by atoms with Crippen LogP contribution in [0.25, 0.3) is 0 Å². The van der Waals surface area contributed by atoms with E-state index in [1.54, 1.807) is 0 Å². The fourth-order valence-electron chi connectivity index (χ4n) is 2.91. The molecule has 0 unspecified atom stereocenters. The predicted octanol–water partition coefficient (Wildman–Crippen LogP) is 2.72. The molecule has 1 aliphatic heterocycles. The van der Waals surface area contributed by atoms with Crippen molar-refractivity contribution >= 4 is 11.7 Å². The third-order valence-corrected chi connectivity index (χ3v) is 4.79. The van der Waals surface area contributed by atoms with Crippen LogP contribution in [0.4, 0.5) is 0 Å². The van der Waals surface area contributed by atoms with E-state index >= 15 is 0 Å². The van der Waals surface area contributed by atoms with Crippen LogP contribution in [0, 0.1) is 5.41 Å². The van der Waals surface area contributed by atoms with Gasteiger partial charge >= 0.3 is 0 Å². The van der Waals surface area contributed by atoms with Gasteiger partial charge in [0.05, 0.1) is 0 Å². The summed E-state index contributed by atoms with van der Waals surface area (Å²) in [5, 5.41) is 6.34. The summed E-state index contributed by atoms with van der Waals surface area (Å²) in [7, 11) is 0. The Labute approximate surface area is 139 Å². The summed E-state index contributed by atoms with van der Waals surface area (Å²) in [4.78, 5) is 24.1. The molecule has 0 aromatic heterocycles. The molecule has 0 spiro atoms. The molecule has 4 nitrogen and oxygen atoms in total. The molecular weight excluding hydrogens is 288 g/mol. The fraction of sp³-hybridized carbons (Fsp3) is 0.579. The van der Waals surface area contributed by atoms with E-state index < -0.39 is 0 Å². The number of amides is 1. The number of Topliss-reactive ketones (excluding diaryl/α,β-unsaturated/α-hetero) is 1. The van der Waals surface area contributed by atoms with Gasteiger partial charge in [0.25, 0.3) is 0 Å². The van der Waals surface area contributed by atoms with Crippen LogP contribution >= 0.6 is 0 Å². The molecule has 1 aromatic carbocycles. The Morgan fingerprint density at radius 2 is 1.78 bits per heavy atom. The van der Waals surface area contributed by atoms with Crippen molar-refractivity contribution in [3.05, 3.63) is 35.4 Å². The van der Waals surface area contributed by atoms with Crippen molar-refractivity contribution in [2.24, 2.45) is 5.41 Å². The van der Waals surface area contributed by atoms with Crippen LogP contribution in [-0.2, 0) is 11.2 Å². The normalized spacial score (nSPS) is 16.8. The van der Waals surface area contributed by atoms with Gasteiger partial charge in [-0.2, -0.15) is 0 Å². The molecule has 1 fully saturated rings. The molecule has 1 amide bonds. The van der Waals surface area contributed by atoms with Gasteiger partial charge < -0.3 is 10.6 Å². The first-order chi connectivity index (χ1) is 11.0. The second-order valence-corrected chi connectivity index (χ2v) is 6.81. The van der Waals surface area contributed by atoms with Crippen LogP contribution in [0.2, 0.25) is 0 Å². The maximum Gasteiger partial charge on any atom is 0.220 e. The van der Waals surface area contributed by atoms with Crippen LogP contribution in [0.15, 0.2) is 24.3 Å². The van der Waals surface area contributed by atoms with Gasteiger partial charge in [-0.15, -0.1) is 0 Å². The third-order valence-electron chi connectivity index (χ3n) is 4.79. The third kappa shape index (κ3) is 5.47. The Balaban J connectivity index is 1.73. The number of carbonyl (C=O) groups excluding carboxylic acids is 2. The van der Waals surface area contributed by atoms with Crippen molar-refractivity contribution in [2.75, 3.05) is 19.6 Å². The highest BCUT2D eigenvalue weighted by Gasteiger charge is 2.26. The lowest BCUT2D eigenvalue weighted by Gasteiger charge is -2.34. The summed E-state index contributed by atoms with van der Waals surface area (Å²) < 4.78 is 0. The molecular formula is C19H28N2O2. The molecule has 0 bridgehead atoms. The monoisotopic (exact) mass is 316 g/mol. The number of hydrogen-bond acceptors (Lipinski definition) is 3. The van der Waals surface area contributed by atoms with Gasteiger partial charge in [-0.05, 0) is 43.3 Å². The highest BCUT2D eigenvalue weighted by molar-refractivity contribution is 5.97. The molecule has 0 radical (unpaired) electrons. The maximum absolute atomic E-state index is 12.1. The van der Waals surface area contributed by atoms with Crippen molar-refractivity contribution in [1.29, 1.82) is 0 Å². The smallest absolute Gasteiger partial charge is 0.220 e. The second kappa shape index (κ2) is 8.25. The van der Waals surface area contributed by atoms with Gasteiger partial charge in [0.1, 0.15) is 0 Å². The van der Waals surface area contributed by atoms with E-state index in [2.05, 4.69) is 24.5 Å². The summed E-state index contributed by atoms with van der Waals surface area (Å²) in [6.45, 7) is 7.03. The standard InChI is InChI=1S/C19H28N2O2/c1-3-15-4-6-16(7-5-15)17(22)8-9-18(23)21-14-19(2)10-12-20-13-11-19/h4-7,20H,3,8-14H2,1-2H3,(H,21,23). The summed E-state index contributed by atoms with van der Waals surface area (Å²) in [5.74, 6) is 0.0131. The summed E-state index contributed by atoms with van der Waals surface area (Å²) in [5.41, 5.74) is 2.09. The SMILES string of the molecule is CCc1ccc(C(=O)CCC(=O)NCC2(C)CCNCC2)cc1. The minimum Gasteiger partial charge on any atom is -0.356 e. The lowest BCUT2D eigenvalue weighted by molar-refractivity contribution is -0.121. The van der Waals surface area contributed by atoms with E-state index in [4.69, 9.17) is 0 Å². The number of benzene rings is 1. The predicted molar refractivity (Wildman–Crippen MR) is 92.6 cm³/mol. The molecule has 23 heavy (non-hydrogen) atoms. The van der Waals surface area contributed by atoms with Crippen LogP contribution in [0.5, 0.6) is 0 Å². The first-order valence-electron chi connectivity index (χ1n) is 8.62. The molecule has 0 atom stereocenters. The van der Waals surface area contributed by atoms with E-state index in [1.807, 2.05) is 24.3 Å². The van der Waals surface area contributed by atoms with E-state index in [0.717, 1.165) is 32.4 Å². The Kier molecular flexibility index (Phi) is 6.34. The van der Waals surface area contributed by atoms with Crippen molar-refractivity contribution in [1.82, 2.24) is 10.6 Å². The molecule has 2 rings (SSSR count). The first-order valence-corrected chi connectivity index (χ1v) is 8.62. The zero-order valence-electron chi connectivity index (χ0n) is 14.3. The van der Waals surface area contributed by atoms with Gasteiger partial charge in [-0.3, -0.25) is 9.59 Å². The number of carbonyl (C=O) groups is 2. The van der Waals surface area contributed by atoms with Crippen LogP contribution in [-0.4, -0.2) is 31.3 Å². The number of piperidine rings is 1. The molecule has 0 aliphatic carbocycles. The molecule has 126 valence electrons. The van der Waals surface area contributed by atoms with Crippen LogP contribution in [0.1, 0.15) is 55.5 Å². The number of rotatable bonds is 7. The van der Waals surface area contributed by atoms with Crippen molar-refractivity contribution in [2.45, 2.75) is 46.0 Å². The average Bonchev–Trinajstić information content (AvgIpc) is 2.58. The molecule has 1 aromatic rings. The Morgan fingerprint density at radius 1 is 1.13 bits per heavy atom. The highest BCUT2D eigenvalue weighted by atomic mass is 16.2. The molecule has 1 heterocycles. The second-order valence-electron chi connectivity index (χ2n) is 6.81. The lowest BCUT2D eigenvalue weighted by Crippen LogP contribution is -2.42. The maximum atomic E-state index is 12.1. The summed E-state index contributed by atoms with van der Waals surface area (Å²) in [6, 6.07) is 7.67. The minimum atomic E-state index is -0.0247. The Morgan fingerprint density at radius 3 is 2.39 bits per heavy atom. The van der Waals surface area contributed by atoms with Crippen LogP contribution in [0.3, 0.4) is 0 Å². The summed E-state index contributed by atoms with van der Waals surface area (Å²) >= 11 is 0. The van der Waals surface area contributed by atoms with E-state index in [-0.39, 0.29) is 29.9 Å². The average molecular weight is 316 g/mol. The lowest BCUT2D eigenvalue weighted by atomic mass is 9.81. The zero-order chi connectivity index (χ0) is 16.7. The van der Waals surface area contributed by atoms with E-state index in [9.17, 15) is 9.59 Å². The Hall–Kier alpha value is -1.68. The van der Waals surface area contributed by atoms with E-state index in [1.165, 1.54) is 5.56 Å². The van der Waals surface area contributed by atoms with Gasteiger partial charge in [0.15, 0.2) is 5.78 Å². The molecule has 4 heteroatoms. The number of nitrogens with one attached hydrogen (secondary N) is 2. The van der Waals surface area contributed by atoms with E-state index in [0.29, 0.717) is 12.1 Å². The molecule has 1 aliphatic rings. The van der Waals surface area contributed by atoms with Gasteiger partial charge in [-0.1, -0.05) is 38.1 Å². The van der Waals surface area contributed by atoms with Crippen molar-refractivity contribution in [3.8, 4) is 0 Å². The Bertz CT molecular complexity index is 531. The minimum absolute atomic E-state index is 0.0247. The zero-order valence-corrected chi connectivity index (χ0v) is 14.3. The molecule has 2 N–H and O–H groups in total. The van der Waals surface area contributed by atoms with Crippen molar-refractivity contribution in [3.63, 3.8) is 0 Å².